The summed E-state index contributed by atoms with van der Waals surface area (Å²) in [5, 5.41) is 14.4. The van der Waals surface area contributed by atoms with Gasteiger partial charge in [-0.2, -0.15) is 0 Å². The van der Waals surface area contributed by atoms with Crippen molar-refractivity contribution in [2.75, 3.05) is 5.32 Å². The van der Waals surface area contributed by atoms with Gasteiger partial charge in [0, 0.05) is 6.42 Å². The topological polar surface area (TPSA) is 72.7 Å². The molecule has 6 nitrogen and oxygen atoms in total. The Bertz CT molecular complexity index is 637. The second kappa shape index (κ2) is 6.87. The van der Waals surface area contributed by atoms with Gasteiger partial charge in [-0.15, -0.1) is 5.10 Å². The van der Waals surface area contributed by atoms with Crippen LogP contribution in [0.2, 0.25) is 5.02 Å². The zero-order valence-corrected chi connectivity index (χ0v) is 13.0. The summed E-state index contributed by atoms with van der Waals surface area (Å²) in [5.74, 6) is 0.705. The Morgan fingerprint density at radius 3 is 2.91 bits per heavy atom. The van der Waals surface area contributed by atoms with E-state index in [0.717, 1.165) is 12.1 Å². The average Bonchev–Trinajstić information content (AvgIpc) is 3.21. The first-order chi connectivity index (χ1) is 10.7. The zero-order valence-electron chi connectivity index (χ0n) is 12.2. The molecule has 22 heavy (non-hydrogen) atoms. The van der Waals surface area contributed by atoms with Crippen molar-refractivity contribution < 1.29 is 4.79 Å². The number of carbonyl (C=O) groups is 1. The Morgan fingerprint density at radius 1 is 1.36 bits per heavy atom. The van der Waals surface area contributed by atoms with E-state index in [4.69, 9.17) is 11.6 Å². The monoisotopic (exact) mass is 319 g/mol. The number of rotatable bonds is 5. The largest absolute Gasteiger partial charge is 0.325 e. The molecule has 116 valence electrons. The van der Waals surface area contributed by atoms with E-state index in [9.17, 15) is 4.79 Å². The Kier molecular flexibility index (Phi) is 4.68. The van der Waals surface area contributed by atoms with E-state index < -0.39 is 0 Å². The Labute approximate surface area is 133 Å². The van der Waals surface area contributed by atoms with E-state index in [1.165, 1.54) is 36.7 Å². The van der Waals surface area contributed by atoms with E-state index in [0.29, 0.717) is 23.0 Å². The van der Waals surface area contributed by atoms with Crippen LogP contribution in [0.15, 0.2) is 24.5 Å². The molecule has 0 bridgehead atoms. The number of nitrogens with one attached hydrogen (secondary N) is 1. The number of hydrogen-bond acceptors (Lipinski definition) is 4. The van der Waals surface area contributed by atoms with Crippen molar-refractivity contribution in [3.63, 3.8) is 0 Å². The molecule has 0 unspecified atom stereocenters. The van der Waals surface area contributed by atoms with Crippen molar-refractivity contribution in [2.45, 2.75) is 38.5 Å². The number of hydrogen-bond donors (Lipinski definition) is 1. The second-order valence-corrected chi connectivity index (χ2v) is 6.06. The number of halogens is 1. The minimum Gasteiger partial charge on any atom is -0.325 e. The van der Waals surface area contributed by atoms with Crippen molar-refractivity contribution in [2.24, 2.45) is 5.92 Å². The molecule has 1 aromatic heterocycles. The molecule has 0 aliphatic heterocycles. The standard InChI is InChI=1S/C15H18ClN5O/c16-13-7-6-12(21-10-17-19-20-21)9-14(13)18-15(22)8-5-11-3-1-2-4-11/h6-7,9-11H,1-5,8H2,(H,18,22). The lowest BCUT2D eigenvalue weighted by Crippen LogP contribution is -2.13. The molecule has 1 aliphatic carbocycles. The minimum atomic E-state index is 0.00247. The highest BCUT2D eigenvalue weighted by molar-refractivity contribution is 6.33. The van der Waals surface area contributed by atoms with Gasteiger partial charge in [0.25, 0.3) is 0 Å². The fourth-order valence-corrected chi connectivity index (χ4v) is 3.04. The van der Waals surface area contributed by atoms with Gasteiger partial charge in [-0.05, 0) is 41.0 Å². The molecule has 1 heterocycles. The van der Waals surface area contributed by atoms with Gasteiger partial charge in [-0.1, -0.05) is 37.3 Å². The van der Waals surface area contributed by atoms with Crippen LogP contribution in [0.4, 0.5) is 5.69 Å². The predicted molar refractivity (Wildman–Crippen MR) is 84.0 cm³/mol. The van der Waals surface area contributed by atoms with E-state index in [1.54, 1.807) is 18.2 Å². The molecule has 1 amide bonds. The van der Waals surface area contributed by atoms with Gasteiger partial charge in [-0.25, -0.2) is 4.68 Å². The van der Waals surface area contributed by atoms with Crippen molar-refractivity contribution in [3.05, 3.63) is 29.5 Å². The number of anilines is 1. The molecule has 1 fully saturated rings. The quantitative estimate of drug-likeness (QED) is 0.918. The van der Waals surface area contributed by atoms with Gasteiger partial charge in [0.15, 0.2) is 0 Å². The summed E-state index contributed by atoms with van der Waals surface area (Å²) in [6, 6.07) is 5.30. The first kappa shape index (κ1) is 15.0. The molecule has 1 aliphatic rings. The van der Waals surface area contributed by atoms with E-state index in [1.807, 2.05) is 0 Å². The molecule has 1 saturated carbocycles. The van der Waals surface area contributed by atoms with Crippen LogP contribution in [0.25, 0.3) is 5.69 Å². The van der Waals surface area contributed by atoms with Crippen molar-refractivity contribution in [1.29, 1.82) is 0 Å². The summed E-state index contributed by atoms with van der Waals surface area (Å²) in [6.45, 7) is 0. The normalized spacial score (nSPS) is 15.1. The fraction of sp³-hybridized carbons (Fsp3) is 0.467. The first-order valence-electron chi connectivity index (χ1n) is 7.55. The molecular formula is C15H18ClN5O. The van der Waals surface area contributed by atoms with Gasteiger partial charge in [0.1, 0.15) is 6.33 Å². The summed E-state index contributed by atoms with van der Waals surface area (Å²) in [4.78, 5) is 12.1. The molecule has 0 atom stereocenters. The fourth-order valence-electron chi connectivity index (χ4n) is 2.88. The van der Waals surface area contributed by atoms with Gasteiger partial charge < -0.3 is 5.32 Å². The molecule has 0 spiro atoms. The van der Waals surface area contributed by atoms with E-state index in [2.05, 4.69) is 20.8 Å². The number of aromatic nitrogens is 4. The van der Waals surface area contributed by atoms with Crippen molar-refractivity contribution in [3.8, 4) is 5.69 Å². The number of amides is 1. The van der Waals surface area contributed by atoms with Gasteiger partial charge in [0.05, 0.1) is 16.4 Å². The molecule has 2 aromatic rings. The molecule has 3 rings (SSSR count). The maximum Gasteiger partial charge on any atom is 0.224 e. The van der Waals surface area contributed by atoms with Crippen LogP contribution in [-0.4, -0.2) is 26.1 Å². The lowest BCUT2D eigenvalue weighted by atomic mass is 10.0. The van der Waals surface area contributed by atoms with Crippen LogP contribution < -0.4 is 5.32 Å². The smallest absolute Gasteiger partial charge is 0.224 e. The summed E-state index contributed by atoms with van der Waals surface area (Å²) in [5.41, 5.74) is 1.34. The summed E-state index contributed by atoms with van der Waals surface area (Å²) in [6.07, 6.45) is 8.09. The Hall–Kier alpha value is -1.95. The maximum atomic E-state index is 12.1. The second-order valence-electron chi connectivity index (χ2n) is 5.66. The highest BCUT2D eigenvalue weighted by atomic mass is 35.5. The minimum absolute atomic E-state index is 0.00247. The number of tetrazole rings is 1. The Morgan fingerprint density at radius 2 is 2.18 bits per heavy atom. The lowest BCUT2D eigenvalue weighted by Gasteiger charge is -2.11. The SMILES string of the molecule is O=C(CCC1CCCC1)Nc1cc(-n2cnnn2)ccc1Cl. The summed E-state index contributed by atoms with van der Waals surface area (Å²) < 4.78 is 1.52. The first-order valence-corrected chi connectivity index (χ1v) is 7.93. The lowest BCUT2D eigenvalue weighted by molar-refractivity contribution is -0.116. The van der Waals surface area contributed by atoms with Crippen molar-refractivity contribution >= 4 is 23.2 Å². The van der Waals surface area contributed by atoms with E-state index in [-0.39, 0.29) is 5.91 Å². The van der Waals surface area contributed by atoms with Crippen molar-refractivity contribution in [1.82, 2.24) is 20.2 Å². The van der Waals surface area contributed by atoms with Gasteiger partial charge in [0.2, 0.25) is 5.91 Å². The van der Waals surface area contributed by atoms with Crippen LogP contribution in [-0.2, 0) is 4.79 Å². The van der Waals surface area contributed by atoms with Gasteiger partial charge >= 0.3 is 0 Å². The summed E-state index contributed by atoms with van der Waals surface area (Å²) >= 11 is 6.15. The molecule has 7 heteroatoms. The maximum absolute atomic E-state index is 12.1. The highest BCUT2D eigenvalue weighted by Crippen LogP contribution is 2.29. The third kappa shape index (κ3) is 3.62. The predicted octanol–water partition coefficient (Wildman–Crippen LogP) is 3.22. The van der Waals surface area contributed by atoms with Crippen LogP contribution >= 0.6 is 11.6 Å². The Balaban J connectivity index is 1.63. The highest BCUT2D eigenvalue weighted by Gasteiger charge is 2.16. The van der Waals surface area contributed by atoms with Crippen LogP contribution in [0.3, 0.4) is 0 Å². The molecule has 0 radical (unpaired) electrons. The zero-order chi connectivity index (χ0) is 15.4. The van der Waals surface area contributed by atoms with Gasteiger partial charge in [-0.3, -0.25) is 4.79 Å². The number of carbonyl (C=O) groups excluding carboxylic acids is 1. The summed E-state index contributed by atoms with van der Waals surface area (Å²) in [7, 11) is 0. The van der Waals surface area contributed by atoms with Crippen LogP contribution in [0, 0.1) is 5.92 Å². The molecule has 0 saturated heterocycles. The molecular weight excluding hydrogens is 302 g/mol. The van der Waals surface area contributed by atoms with E-state index >= 15 is 0 Å². The third-order valence-electron chi connectivity index (χ3n) is 4.09. The number of benzene rings is 1. The van der Waals surface area contributed by atoms with Crippen LogP contribution in [0.5, 0.6) is 0 Å². The third-order valence-corrected chi connectivity index (χ3v) is 4.42. The number of nitrogens with zero attached hydrogens (tertiary/aromatic N) is 4. The molecule has 1 aromatic carbocycles. The average molecular weight is 320 g/mol. The van der Waals surface area contributed by atoms with Crippen LogP contribution in [0.1, 0.15) is 38.5 Å². The molecule has 1 N–H and O–H groups in total.